The van der Waals surface area contributed by atoms with Gasteiger partial charge < -0.3 is 20.5 Å². The Balaban J connectivity index is 0.00000264. The van der Waals surface area contributed by atoms with Gasteiger partial charge in [-0.15, -0.1) is 24.0 Å². The second kappa shape index (κ2) is 11.6. The van der Waals surface area contributed by atoms with E-state index in [9.17, 15) is 5.11 Å². The van der Waals surface area contributed by atoms with Gasteiger partial charge in [-0.05, 0) is 24.3 Å². The predicted octanol–water partition coefficient (Wildman–Crippen LogP) is 1.97. The average molecular weight is 433 g/mol. The molecule has 130 valence electrons. The third-order valence-corrected chi connectivity index (χ3v) is 3.82. The molecule has 23 heavy (non-hydrogen) atoms. The molecule has 1 aromatic carbocycles. The van der Waals surface area contributed by atoms with Crippen molar-refractivity contribution in [2.75, 3.05) is 40.0 Å². The van der Waals surface area contributed by atoms with Gasteiger partial charge in [-0.2, -0.15) is 0 Å². The minimum absolute atomic E-state index is 0. The summed E-state index contributed by atoms with van der Waals surface area (Å²) in [6.45, 7) is 3.07. The Morgan fingerprint density at radius 1 is 1.30 bits per heavy atom. The van der Waals surface area contributed by atoms with Crippen LogP contribution in [0.4, 0.5) is 0 Å². The summed E-state index contributed by atoms with van der Waals surface area (Å²) in [5.74, 6) is 1.60. The molecule has 0 amide bonds. The van der Waals surface area contributed by atoms with Gasteiger partial charge in [0.2, 0.25) is 0 Å². The highest BCUT2D eigenvalue weighted by Crippen LogP contribution is 2.28. The molecule has 1 aromatic rings. The molecule has 5 nitrogen and oxygen atoms in total. The van der Waals surface area contributed by atoms with E-state index in [4.69, 9.17) is 4.74 Å². The fourth-order valence-corrected chi connectivity index (χ4v) is 2.23. The van der Waals surface area contributed by atoms with Crippen molar-refractivity contribution >= 4 is 29.9 Å². The van der Waals surface area contributed by atoms with Crippen molar-refractivity contribution in [2.24, 2.45) is 10.9 Å². The van der Waals surface area contributed by atoms with Crippen molar-refractivity contribution < 1.29 is 9.84 Å². The third kappa shape index (κ3) is 7.99. The summed E-state index contributed by atoms with van der Waals surface area (Å²) >= 11 is 0. The third-order valence-electron chi connectivity index (χ3n) is 3.82. The monoisotopic (exact) mass is 433 g/mol. The molecule has 0 aromatic heterocycles. The molecular weight excluding hydrogens is 405 g/mol. The zero-order chi connectivity index (χ0) is 15.6. The van der Waals surface area contributed by atoms with Gasteiger partial charge in [0.05, 0.1) is 13.2 Å². The molecule has 0 aliphatic heterocycles. The lowest BCUT2D eigenvalue weighted by molar-refractivity contribution is 0.129. The Morgan fingerprint density at radius 2 is 2.04 bits per heavy atom. The Morgan fingerprint density at radius 3 is 2.65 bits per heavy atom. The van der Waals surface area contributed by atoms with Crippen LogP contribution in [0.15, 0.2) is 35.3 Å². The van der Waals surface area contributed by atoms with Gasteiger partial charge in [0, 0.05) is 32.7 Å². The minimum atomic E-state index is 0. The van der Waals surface area contributed by atoms with E-state index in [1.165, 1.54) is 12.8 Å². The summed E-state index contributed by atoms with van der Waals surface area (Å²) in [6.07, 6.45) is 2.64. The molecule has 1 aliphatic rings. The number of rotatable bonds is 9. The highest BCUT2D eigenvalue weighted by molar-refractivity contribution is 14.0. The SMILES string of the molecule is CN=C(NCCOCC1CC1)NCC(CO)c1ccccc1.I. The molecule has 0 spiro atoms. The van der Waals surface area contributed by atoms with Crippen LogP contribution in [0.5, 0.6) is 0 Å². The van der Waals surface area contributed by atoms with E-state index >= 15 is 0 Å². The second-order valence-electron chi connectivity index (χ2n) is 5.69. The topological polar surface area (TPSA) is 65.9 Å². The lowest BCUT2D eigenvalue weighted by atomic mass is 10.0. The lowest BCUT2D eigenvalue weighted by Gasteiger charge is -2.18. The number of benzene rings is 1. The lowest BCUT2D eigenvalue weighted by Crippen LogP contribution is -2.41. The maximum atomic E-state index is 9.55. The van der Waals surface area contributed by atoms with Gasteiger partial charge in [0.25, 0.3) is 0 Å². The Hall–Kier alpha value is -0.860. The molecule has 0 heterocycles. The summed E-state index contributed by atoms with van der Waals surface area (Å²) in [4.78, 5) is 4.19. The van der Waals surface area contributed by atoms with Crippen LogP contribution in [-0.4, -0.2) is 51.0 Å². The summed E-state index contributed by atoms with van der Waals surface area (Å²) in [5, 5.41) is 16.0. The highest BCUT2D eigenvalue weighted by atomic mass is 127. The molecule has 3 N–H and O–H groups in total. The zero-order valence-electron chi connectivity index (χ0n) is 13.7. The summed E-state index contributed by atoms with van der Waals surface area (Å²) < 4.78 is 5.58. The maximum absolute atomic E-state index is 9.55. The van der Waals surface area contributed by atoms with Crippen LogP contribution < -0.4 is 10.6 Å². The quantitative estimate of drug-likeness (QED) is 0.241. The molecule has 2 rings (SSSR count). The van der Waals surface area contributed by atoms with Crippen molar-refractivity contribution in [3.8, 4) is 0 Å². The molecule has 0 bridgehead atoms. The molecule has 6 heteroatoms. The minimum Gasteiger partial charge on any atom is -0.396 e. The van der Waals surface area contributed by atoms with Gasteiger partial charge in [-0.1, -0.05) is 30.3 Å². The first-order valence-electron chi connectivity index (χ1n) is 8.01. The smallest absolute Gasteiger partial charge is 0.191 e. The Labute approximate surface area is 155 Å². The van der Waals surface area contributed by atoms with E-state index < -0.39 is 0 Å². The van der Waals surface area contributed by atoms with Gasteiger partial charge in [0.15, 0.2) is 5.96 Å². The summed E-state index contributed by atoms with van der Waals surface area (Å²) in [5.41, 5.74) is 1.13. The molecule has 1 saturated carbocycles. The van der Waals surface area contributed by atoms with Crippen LogP contribution >= 0.6 is 24.0 Å². The van der Waals surface area contributed by atoms with Gasteiger partial charge in [-0.25, -0.2) is 0 Å². The normalized spacial score (nSPS) is 15.7. The van der Waals surface area contributed by atoms with Crippen molar-refractivity contribution in [1.29, 1.82) is 0 Å². The van der Waals surface area contributed by atoms with Crippen molar-refractivity contribution in [3.63, 3.8) is 0 Å². The number of hydrogen-bond donors (Lipinski definition) is 3. The number of aliphatic imine (C=N–C) groups is 1. The van der Waals surface area contributed by atoms with E-state index in [-0.39, 0.29) is 36.5 Å². The van der Waals surface area contributed by atoms with Crippen molar-refractivity contribution in [3.05, 3.63) is 35.9 Å². The molecule has 1 fully saturated rings. The fourth-order valence-electron chi connectivity index (χ4n) is 2.23. The zero-order valence-corrected chi connectivity index (χ0v) is 16.0. The molecular formula is C17H28IN3O2. The molecule has 1 aliphatic carbocycles. The number of nitrogens with one attached hydrogen (secondary N) is 2. The number of aliphatic hydroxyl groups is 1. The average Bonchev–Trinajstić information content (AvgIpc) is 3.38. The first kappa shape index (κ1) is 20.2. The number of ether oxygens (including phenoxy) is 1. The van der Waals surface area contributed by atoms with Crippen molar-refractivity contribution in [2.45, 2.75) is 18.8 Å². The van der Waals surface area contributed by atoms with E-state index in [2.05, 4.69) is 15.6 Å². The molecule has 1 unspecified atom stereocenters. The number of aliphatic hydroxyl groups excluding tert-OH is 1. The first-order valence-corrected chi connectivity index (χ1v) is 8.01. The van der Waals surface area contributed by atoms with Crippen molar-refractivity contribution in [1.82, 2.24) is 10.6 Å². The standard InChI is InChI=1S/C17H27N3O2.HI/c1-18-17(19-9-10-22-13-14-7-8-14)20-11-16(12-21)15-5-3-2-4-6-15;/h2-6,14,16,21H,7-13H2,1H3,(H2,18,19,20);1H. The van der Waals surface area contributed by atoms with Crippen LogP contribution in [0.2, 0.25) is 0 Å². The predicted molar refractivity (Wildman–Crippen MR) is 105 cm³/mol. The molecule has 1 atom stereocenters. The second-order valence-corrected chi connectivity index (χ2v) is 5.69. The van der Waals surface area contributed by atoms with E-state index in [0.717, 1.165) is 30.6 Å². The van der Waals surface area contributed by atoms with E-state index in [0.29, 0.717) is 13.2 Å². The number of nitrogens with zero attached hydrogens (tertiary/aromatic N) is 1. The number of halogens is 1. The number of hydrogen-bond acceptors (Lipinski definition) is 3. The largest absolute Gasteiger partial charge is 0.396 e. The van der Waals surface area contributed by atoms with E-state index in [1.807, 2.05) is 30.3 Å². The first-order chi connectivity index (χ1) is 10.8. The maximum Gasteiger partial charge on any atom is 0.191 e. The Kier molecular flexibility index (Phi) is 10.2. The van der Waals surface area contributed by atoms with Crippen LogP contribution in [0.3, 0.4) is 0 Å². The number of guanidine groups is 1. The van der Waals surface area contributed by atoms with Gasteiger partial charge in [-0.3, -0.25) is 4.99 Å². The molecule has 0 radical (unpaired) electrons. The highest BCUT2D eigenvalue weighted by Gasteiger charge is 2.20. The fraction of sp³-hybridized carbons (Fsp3) is 0.588. The summed E-state index contributed by atoms with van der Waals surface area (Å²) in [6, 6.07) is 10.0. The van der Waals surface area contributed by atoms with Crippen LogP contribution in [0, 0.1) is 5.92 Å². The molecule has 0 saturated heterocycles. The van der Waals surface area contributed by atoms with Gasteiger partial charge >= 0.3 is 0 Å². The van der Waals surface area contributed by atoms with Crippen LogP contribution in [-0.2, 0) is 4.74 Å². The van der Waals surface area contributed by atoms with Gasteiger partial charge in [0.1, 0.15) is 0 Å². The Bertz CT molecular complexity index is 452. The summed E-state index contributed by atoms with van der Waals surface area (Å²) in [7, 11) is 1.75. The van der Waals surface area contributed by atoms with Crippen LogP contribution in [0.25, 0.3) is 0 Å². The van der Waals surface area contributed by atoms with E-state index in [1.54, 1.807) is 7.05 Å². The van der Waals surface area contributed by atoms with Crippen LogP contribution in [0.1, 0.15) is 24.3 Å².